The van der Waals surface area contributed by atoms with Gasteiger partial charge in [-0.25, -0.2) is 9.37 Å². The summed E-state index contributed by atoms with van der Waals surface area (Å²) in [7, 11) is 1.69. The Hall–Kier alpha value is -3.40. The number of benzene rings is 3. The number of halogens is 4. The molecule has 37 heavy (non-hydrogen) atoms. The van der Waals surface area contributed by atoms with E-state index in [2.05, 4.69) is 43.4 Å². The van der Waals surface area contributed by atoms with Crippen molar-refractivity contribution in [3.63, 3.8) is 0 Å². The highest BCUT2D eigenvalue weighted by Crippen LogP contribution is 2.36. The lowest BCUT2D eigenvalue weighted by Gasteiger charge is -2.14. The Bertz CT molecular complexity index is 1550. The van der Waals surface area contributed by atoms with Crippen molar-refractivity contribution >= 4 is 79.3 Å². The summed E-state index contributed by atoms with van der Waals surface area (Å²) in [4.78, 5) is 29.1. The van der Waals surface area contributed by atoms with Gasteiger partial charge in [0.1, 0.15) is 5.82 Å². The lowest BCUT2D eigenvalue weighted by atomic mass is 10.1. The van der Waals surface area contributed by atoms with Crippen molar-refractivity contribution in [2.75, 3.05) is 10.6 Å². The van der Waals surface area contributed by atoms with E-state index in [1.54, 1.807) is 54.9 Å². The van der Waals surface area contributed by atoms with Gasteiger partial charge < -0.3 is 20.5 Å². The van der Waals surface area contributed by atoms with Crippen LogP contribution in [0.1, 0.15) is 22.8 Å². The predicted molar refractivity (Wildman–Crippen MR) is 149 cm³/mol. The lowest BCUT2D eigenvalue weighted by molar-refractivity contribution is -0.117. The molecule has 0 aliphatic heterocycles. The largest absolute Gasteiger partial charge is 0.348 e. The summed E-state index contributed by atoms with van der Waals surface area (Å²) >= 11 is 16.3. The number of aromatic nitrogens is 2. The molecule has 0 aliphatic carbocycles. The van der Waals surface area contributed by atoms with E-state index >= 15 is 0 Å². The Morgan fingerprint density at radius 2 is 1.84 bits per heavy atom. The summed E-state index contributed by atoms with van der Waals surface area (Å²) in [5.74, 6) is -1.26. The van der Waals surface area contributed by atoms with E-state index in [4.69, 9.17) is 23.2 Å². The number of hydrogen-bond acceptors (Lipinski definition) is 4. The maximum absolute atomic E-state index is 14.9. The van der Waals surface area contributed by atoms with E-state index in [-0.39, 0.29) is 18.0 Å². The lowest BCUT2D eigenvalue weighted by Crippen LogP contribution is -2.23. The van der Waals surface area contributed by atoms with Gasteiger partial charge in [0, 0.05) is 35.4 Å². The maximum atomic E-state index is 14.9. The minimum absolute atomic E-state index is 0.147. The molecule has 4 rings (SSSR count). The summed E-state index contributed by atoms with van der Waals surface area (Å²) in [5, 5.41) is 9.12. The second-order valence-corrected chi connectivity index (χ2v) is 9.96. The number of carbonyl (C=O) groups excluding carboxylic acids is 2. The van der Waals surface area contributed by atoms with Gasteiger partial charge in [0.05, 0.1) is 32.3 Å². The van der Waals surface area contributed by atoms with Crippen LogP contribution in [0, 0.1) is 5.82 Å². The van der Waals surface area contributed by atoms with Crippen molar-refractivity contribution in [2.24, 2.45) is 7.05 Å². The first-order valence-electron chi connectivity index (χ1n) is 11.0. The monoisotopic (exact) mass is 603 g/mol. The molecule has 11 heteroatoms. The number of nitrogens with zero attached hydrogens (tertiary/aromatic N) is 2. The van der Waals surface area contributed by atoms with Crippen LogP contribution in [0.3, 0.4) is 0 Å². The molecular formula is C26H21BrCl2FN5O2. The molecule has 3 aromatic carbocycles. The van der Waals surface area contributed by atoms with E-state index in [0.29, 0.717) is 49.5 Å². The average molecular weight is 605 g/mol. The standard InChI is InChI=1S/C26H21BrCl2FN5O2/c1-13(2)24(36)31-12-14-4-9-18(28)23(22(14)29)34-26-33-20-10-17(19(30)11-21(20)35(26)3)25(37)32-16-7-5-15(27)6-8-16/h4-11H,1,12H2,2-3H3,(H,31,36)(H,32,37)(H,33,34). The second kappa shape index (κ2) is 10.9. The fourth-order valence-electron chi connectivity index (χ4n) is 3.52. The Balaban J connectivity index is 1.62. The van der Waals surface area contributed by atoms with Gasteiger partial charge >= 0.3 is 0 Å². The molecule has 0 spiro atoms. The molecule has 0 radical (unpaired) electrons. The first-order chi connectivity index (χ1) is 17.5. The molecule has 0 saturated heterocycles. The quantitative estimate of drug-likeness (QED) is 0.199. The molecule has 0 atom stereocenters. The van der Waals surface area contributed by atoms with Crippen LogP contribution in [0.25, 0.3) is 11.0 Å². The zero-order valence-electron chi connectivity index (χ0n) is 19.8. The highest BCUT2D eigenvalue weighted by Gasteiger charge is 2.19. The third kappa shape index (κ3) is 5.79. The third-order valence-corrected chi connectivity index (χ3v) is 6.83. The average Bonchev–Trinajstić information content (AvgIpc) is 3.16. The van der Waals surface area contributed by atoms with Gasteiger partial charge in [-0.2, -0.15) is 0 Å². The van der Waals surface area contributed by atoms with Gasteiger partial charge in [-0.1, -0.05) is 51.8 Å². The van der Waals surface area contributed by atoms with Crippen molar-refractivity contribution in [1.29, 1.82) is 0 Å². The zero-order chi connectivity index (χ0) is 26.9. The topological polar surface area (TPSA) is 88.1 Å². The predicted octanol–water partition coefficient (Wildman–Crippen LogP) is 6.97. The summed E-state index contributed by atoms with van der Waals surface area (Å²) in [6.07, 6.45) is 0. The number of imidazole rings is 1. The van der Waals surface area contributed by atoms with Crippen LogP contribution in [0.4, 0.5) is 21.7 Å². The summed E-state index contributed by atoms with van der Waals surface area (Å²) in [5.41, 5.74) is 2.60. The molecule has 1 heterocycles. The maximum Gasteiger partial charge on any atom is 0.258 e. The molecule has 1 aromatic heterocycles. The number of carbonyl (C=O) groups is 2. The Morgan fingerprint density at radius 3 is 2.51 bits per heavy atom. The number of aryl methyl sites for hydroxylation is 1. The van der Waals surface area contributed by atoms with Gasteiger partial charge in [-0.05, 0) is 48.9 Å². The summed E-state index contributed by atoms with van der Waals surface area (Å²) < 4.78 is 17.4. The van der Waals surface area contributed by atoms with Crippen LogP contribution in [0.2, 0.25) is 10.0 Å². The Labute approximate surface area is 230 Å². The summed E-state index contributed by atoms with van der Waals surface area (Å²) in [6.45, 7) is 5.39. The van der Waals surface area contributed by atoms with Gasteiger partial charge in [0.2, 0.25) is 11.9 Å². The number of hydrogen-bond donors (Lipinski definition) is 3. The first-order valence-corrected chi connectivity index (χ1v) is 12.5. The molecule has 4 aromatic rings. The van der Waals surface area contributed by atoms with Crippen LogP contribution in [-0.4, -0.2) is 21.4 Å². The van der Waals surface area contributed by atoms with Crippen LogP contribution >= 0.6 is 39.1 Å². The van der Waals surface area contributed by atoms with Gasteiger partial charge in [0.25, 0.3) is 5.91 Å². The SMILES string of the molecule is C=C(C)C(=O)NCc1ccc(Cl)c(Nc2nc3cc(C(=O)Nc4ccc(Br)cc4)c(F)cc3n2C)c1Cl. The molecule has 0 saturated carbocycles. The summed E-state index contributed by atoms with van der Waals surface area (Å²) in [6, 6.07) is 12.9. The van der Waals surface area contributed by atoms with E-state index in [9.17, 15) is 14.0 Å². The minimum atomic E-state index is -0.692. The molecule has 0 aliphatic rings. The Kier molecular flexibility index (Phi) is 7.87. The van der Waals surface area contributed by atoms with Crippen molar-refractivity contribution in [3.05, 3.63) is 92.1 Å². The highest BCUT2D eigenvalue weighted by molar-refractivity contribution is 9.10. The van der Waals surface area contributed by atoms with Crippen LogP contribution in [-0.2, 0) is 18.4 Å². The Morgan fingerprint density at radius 1 is 1.14 bits per heavy atom. The number of rotatable bonds is 7. The van der Waals surface area contributed by atoms with Crippen molar-refractivity contribution < 1.29 is 14.0 Å². The molecule has 7 nitrogen and oxygen atoms in total. The first kappa shape index (κ1) is 26.7. The van der Waals surface area contributed by atoms with E-state index in [1.165, 1.54) is 12.1 Å². The number of nitrogens with one attached hydrogen (secondary N) is 3. The smallest absolute Gasteiger partial charge is 0.258 e. The minimum Gasteiger partial charge on any atom is -0.348 e. The highest BCUT2D eigenvalue weighted by atomic mass is 79.9. The van der Waals surface area contributed by atoms with Gasteiger partial charge in [0.15, 0.2) is 0 Å². The second-order valence-electron chi connectivity index (χ2n) is 8.26. The number of fused-ring (bicyclic) bond motifs is 1. The normalized spacial score (nSPS) is 10.9. The molecule has 190 valence electrons. The van der Waals surface area contributed by atoms with Crippen molar-refractivity contribution in [1.82, 2.24) is 14.9 Å². The van der Waals surface area contributed by atoms with Crippen LogP contribution in [0.5, 0.6) is 0 Å². The van der Waals surface area contributed by atoms with Crippen LogP contribution in [0.15, 0.2) is 65.2 Å². The van der Waals surface area contributed by atoms with E-state index in [1.807, 2.05) is 0 Å². The molecule has 3 N–H and O–H groups in total. The fraction of sp³-hybridized carbons (Fsp3) is 0.115. The van der Waals surface area contributed by atoms with Crippen molar-refractivity contribution in [3.8, 4) is 0 Å². The van der Waals surface area contributed by atoms with Gasteiger partial charge in [-0.15, -0.1) is 0 Å². The van der Waals surface area contributed by atoms with E-state index < -0.39 is 11.7 Å². The van der Waals surface area contributed by atoms with Crippen LogP contribution < -0.4 is 16.0 Å². The van der Waals surface area contributed by atoms with E-state index in [0.717, 1.165) is 4.47 Å². The molecule has 2 amide bonds. The molecule has 0 fully saturated rings. The van der Waals surface area contributed by atoms with Crippen molar-refractivity contribution in [2.45, 2.75) is 13.5 Å². The zero-order valence-corrected chi connectivity index (χ0v) is 22.9. The number of anilines is 3. The molecule has 0 unspecified atom stereocenters. The van der Waals surface area contributed by atoms with Gasteiger partial charge in [-0.3, -0.25) is 9.59 Å². The molecule has 0 bridgehead atoms. The molecular weight excluding hydrogens is 584 g/mol. The fourth-order valence-corrected chi connectivity index (χ4v) is 4.31. The third-order valence-electron chi connectivity index (χ3n) is 5.55. The number of amides is 2.